The van der Waals surface area contributed by atoms with Gasteiger partial charge in [0.1, 0.15) is 5.82 Å². The summed E-state index contributed by atoms with van der Waals surface area (Å²) in [6, 6.07) is 7.76. The molecule has 1 saturated heterocycles. The van der Waals surface area contributed by atoms with Crippen molar-refractivity contribution in [3.63, 3.8) is 0 Å². The van der Waals surface area contributed by atoms with Gasteiger partial charge in [0.25, 0.3) is 0 Å². The summed E-state index contributed by atoms with van der Waals surface area (Å²) in [5, 5.41) is 7.70. The molecule has 2 aromatic rings. The SMILES string of the molecule is C=Nc1cc(Cl)ccc1/C(=C\C)NCCCCCCNc1cc(C)nc(N2CCCCC2)n1. The third kappa shape index (κ3) is 7.74. The van der Waals surface area contributed by atoms with Crippen LogP contribution in [0.4, 0.5) is 17.5 Å². The Morgan fingerprint density at radius 1 is 1.09 bits per heavy atom. The molecule has 33 heavy (non-hydrogen) atoms. The number of benzene rings is 1. The number of allylic oxidation sites excluding steroid dienone is 1. The van der Waals surface area contributed by atoms with Crippen molar-refractivity contribution in [1.29, 1.82) is 0 Å². The molecule has 178 valence electrons. The van der Waals surface area contributed by atoms with Gasteiger partial charge in [-0.2, -0.15) is 4.98 Å². The lowest BCUT2D eigenvalue weighted by atomic mass is 10.1. The Kier molecular flexibility index (Phi) is 10.0. The molecule has 1 aliphatic heterocycles. The van der Waals surface area contributed by atoms with E-state index < -0.39 is 0 Å². The van der Waals surface area contributed by atoms with Gasteiger partial charge in [-0.3, -0.25) is 4.99 Å². The Labute approximate surface area is 203 Å². The summed E-state index contributed by atoms with van der Waals surface area (Å²) in [5.41, 5.74) is 3.93. The number of hydrogen-bond acceptors (Lipinski definition) is 6. The molecule has 1 aromatic carbocycles. The van der Waals surface area contributed by atoms with E-state index in [0.29, 0.717) is 5.02 Å². The van der Waals surface area contributed by atoms with E-state index in [1.807, 2.05) is 38.1 Å². The van der Waals surface area contributed by atoms with E-state index >= 15 is 0 Å². The van der Waals surface area contributed by atoms with E-state index in [9.17, 15) is 0 Å². The van der Waals surface area contributed by atoms with Crippen molar-refractivity contribution in [3.8, 4) is 0 Å². The molecule has 3 rings (SSSR count). The average Bonchev–Trinajstić information content (AvgIpc) is 2.83. The van der Waals surface area contributed by atoms with Crippen molar-refractivity contribution < 1.29 is 0 Å². The quantitative estimate of drug-likeness (QED) is 0.279. The molecule has 2 heterocycles. The number of hydrogen-bond donors (Lipinski definition) is 2. The van der Waals surface area contributed by atoms with E-state index in [1.54, 1.807) is 0 Å². The maximum atomic E-state index is 6.08. The lowest BCUT2D eigenvalue weighted by Gasteiger charge is -2.27. The number of rotatable bonds is 12. The van der Waals surface area contributed by atoms with E-state index in [2.05, 4.69) is 38.3 Å². The Bertz CT molecular complexity index is 936. The first-order valence-electron chi connectivity index (χ1n) is 12.1. The van der Waals surface area contributed by atoms with Crippen LogP contribution in [-0.2, 0) is 0 Å². The first-order chi connectivity index (χ1) is 16.1. The number of piperidine rings is 1. The summed E-state index contributed by atoms with van der Waals surface area (Å²) >= 11 is 6.08. The maximum Gasteiger partial charge on any atom is 0.227 e. The first kappa shape index (κ1) is 25.0. The third-order valence-corrected chi connectivity index (χ3v) is 6.15. The van der Waals surface area contributed by atoms with Crippen molar-refractivity contribution in [2.24, 2.45) is 4.99 Å². The number of halogens is 1. The number of anilines is 2. The molecule has 0 amide bonds. The molecule has 0 spiro atoms. The Morgan fingerprint density at radius 2 is 1.85 bits per heavy atom. The van der Waals surface area contributed by atoms with Gasteiger partial charge in [0.15, 0.2) is 0 Å². The van der Waals surface area contributed by atoms with Crippen LogP contribution >= 0.6 is 11.6 Å². The molecule has 0 aliphatic carbocycles. The molecule has 1 fully saturated rings. The van der Waals surface area contributed by atoms with Crippen molar-refractivity contribution in [1.82, 2.24) is 15.3 Å². The van der Waals surface area contributed by atoms with E-state index in [4.69, 9.17) is 16.6 Å². The highest BCUT2D eigenvalue weighted by molar-refractivity contribution is 6.30. The molecular formula is C26H37ClN6. The second-order valence-electron chi connectivity index (χ2n) is 8.53. The highest BCUT2D eigenvalue weighted by Crippen LogP contribution is 2.28. The van der Waals surface area contributed by atoms with Crippen molar-refractivity contribution in [3.05, 3.63) is 46.6 Å². The summed E-state index contributed by atoms with van der Waals surface area (Å²) in [6.07, 6.45) is 10.5. The highest BCUT2D eigenvalue weighted by atomic mass is 35.5. The molecule has 0 saturated carbocycles. The zero-order chi connectivity index (χ0) is 23.5. The smallest absolute Gasteiger partial charge is 0.227 e. The van der Waals surface area contributed by atoms with Crippen LogP contribution in [-0.4, -0.2) is 42.9 Å². The van der Waals surface area contributed by atoms with Crippen LogP contribution in [0, 0.1) is 6.92 Å². The lowest BCUT2D eigenvalue weighted by molar-refractivity contribution is 0.568. The second kappa shape index (κ2) is 13.2. The summed E-state index contributed by atoms with van der Waals surface area (Å²) in [7, 11) is 0. The molecule has 0 radical (unpaired) electrons. The lowest BCUT2D eigenvalue weighted by Crippen LogP contribution is -2.31. The molecule has 0 atom stereocenters. The predicted octanol–water partition coefficient (Wildman–Crippen LogP) is 6.38. The minimum atomic E-state index is 0.671. The van der Waals surface area contributed by atoms with Gasteiger partial charge in [-0.1, -0.05) is 30.5 Å². The summed E-state index contributed by atoms with van der Waals surface area (Å²) in [5.74, 6) is 1.82. The molecular weight excluding hydrogens is 432 g/mol. The van der Waals surface area contributed by atoms with Crippen LogP contribution in [0.15, 0.2) is 35.3 Å². The Morgan fingerprint density at radius 3 is 2.58 bits per heavy atom. The van der Waals surface area contributed by atoms with Crippen molar-refractivity contribution in [2.45, 2.75) is 58.8 Å². The molecule has 0 bridgehead atoms. The standard InChI is InChI=1S/C26H37ClN6/c1-4-23(22-13-12-21(27)19-24(22)28-3)29-14-8-5-6-9-15-30-25-18-20(2)31-26(32-25)33-16-10-7-11-17-33/h4,12-13,18-19,29H,3,5-11,14-17H2,1-2H3,(H,30,31,32)/b23-4+. The summed E-state index contributed by atoms with van der Waals surface area (Å²) < 4.78 is 0. The number of nitrogens with zero attached hydrogens (tertiary/aromatic N) is 4. The molecule has 1 aromatic heterocycles. The van der Waals surface area contributed by atoms with E-state index in [1.165, 1.54) is 32.1 Å². The van der Waals surface area contributed by atoms with Crippen LogP contribution in [0.1, 0.15) is 63.1 Å². The predicted molar refractivity (Wildman–Crippen MR) is 142 cm³/mol. The van der Waals surface area contributed by atoms with Crippen LogP contribution in [0.5, 0.6) is 0 Å². The topological polar surface area (TPSA) is 65.4 Å². The van der Waals surface area contributed by atoms with Gasteiger partial charge in [0.2, 0.25) is 5.95 Å². The molecule has 0 unspecified atom stereocenters. The maximum absolute atomic E-state index is 6.08. The number of aliphatic imine (C=N–C) groups is 1. The monoisotopic (exact) mass is 468 g/mol. The van der Waals surface area contributed by atoms with Gasteiger partial charge in [-0.15, -0.1) is 0 Å². The van der Waals surface area contributed by atoms with Gasteiger partial charge < -0.3 is 15.5 Å². The second-order valence-corrected chi connectivity index (χ2v) is 8.97. The zero-order valence-corrected chi connectivity index (χ0v) is 20.8. The van der Waals surface area contributed by atoms with E-state index in [0.717, 1.165) is 73.4 Å². The molecule has 6 nitrogen and oxygen atoms in total. The highest BCUT2D eigenvalue weighted by Gasteiger charge is 2.14. The molecule has 7 heteroatoms. The Balaban J connectivity index is 1.35. The Hall–Kier alpha value is -2.60. The van der Waals surface area contributed by atoms with Gasteiger partial charge in [0.05, 0.1) is 5.69 Å². The largest absolute Gasteiger partial charge is 0.385 e. The van der Waals surface area contributed by atoms with Crippen LogP contribution in [0.2, 0.25) is 5.02 Å². The summed E-state index contributed by atoms with van der Waals surface area (Å²) in [4.78, 5) is 15.8. The van der Waals surface area contributed by atoms with Gasteiger partial charge >= 0.3 is 0 Å². The van der Waals surface area contributed by atoms with Crippen molar-refractivity contribution in [2.75, 3.05) is 36.4 Å². The summed E-state index contributed by atoms with van der Waals surface area (Å²) in [6.45, 7) is 11.7. The van der Waals surface area contributed by atoms with Crippen molar-refractivity contribution >= 4 is 41.5 Å². The average molecular weight is 469 g/mol. The minimum Gasteiger partial charge on any atom is -0.385 e. The zero-order valence-electron chi connectivity index (χ0n) is 20.0. The number of nitrogens with one attached hydrogen (secondary N) is 2. The fourth-order valence-corrected chi connectivity index (χ4v) is 4.30. The third-order valence-electron chi connectivity index (χ3n) is 5.92. The number of aryl methyl sites for hydroxylation is 1. The van der Waals surface area contributed by atoms with Crippen LogP contribution in [0.25, 0.3) is 5.70 Å². The van der Waals surface area contributed by atoms with Gasteiger partial charge in [-0.05, 0) is 70.9 Å². The van der Waals surface area contributed by atoms with Crippen LogP contribution in [0.3, 0.4) is 0 Å². The number of unbranched alkanes of at least 4 members (excludes halogenated alkanes) is 3. The fraction of sp³-hybridized carbons (Fsp3) is 0.500. The van der Waals surface area contributed by atoms with Gasteiger partial charge in [0, 0.05) is 54.2 Å². The molecule has 2 N–H and O–H groups in total. The van der Waals surface area contributed by atoms with E-state index in [-0.39, 0.29) is 0 Å². The molecule has 1 aliphatic rings. The van der Waals surface area contributed by atoms with Crippen LogP contribution < -0.4 is 15.5 Å². The number of aromatic nitrogens is 2. The normalized spacial score (nSPS) is 14.3. The first-order valence-corrected chi connectivity index (χ1v) is 12.5. The fourth-order valence-electron chi connectivity index (χ4n) is 4.14. The minimum absolute atomic E-state index is 0.671. The van der Waals surface area contributed by atoms with Gasteiger partial charge in [-0.25, -0.2) is 4.98 Å².